The predicted octanol–water partition coefficient (Wildman–Crippen LogP) is 2.12. The maximum Gasteiger partial charge on any atom is 0.0594 e. The Bertz CT molecular complexity index is 229. The van der Waals surface area contributed by atoms with E-state index < -0.39 is 0 Å². The summed E-state index contributed by atoms with van der Waals surface area (Å²) in [6.07, 6.45) is 5.58. The summed E-state index contributed by atoms with van der Waals surface area (Å²) in [5.74, 6) is 1.81. The van der Waals surface area contributed by atoms with E-state index in [-0.39, 0.29) is 0 Å². The Morgan fingerprint density at radius 2 is 1.94 bits per heavy atom. The fraction of sp³-hybridized carbons (Fsp3) is 1.00. The lowest BCUT2D eigenvalue weighted by Crippen LogP contribution is -2.48. The lowest BCUT2D eigenvalue weighted by atomic mass is 9.76. The van der Waals surface area contributed by atoms with Crippen molar-refractivity contribution in [2.45, 2.75) is 45.6 Å². The molecule has 1 heterocycles. The molecule has 0 bridgehead atoms. The van der Waals surface area contributed by atoms with Gasteiger partial charge in [-0.25, -0.2) is 0 Å². The minimum Gasteiger partial charge on any atom is -0.379 e. The third kappa shape index (κ3) is 3.94. The van der Waals surface area contributed by atoms with Crippen molar-refractivity contribution in [2.75, 3.05) is 39.4 Å². The fourth-order valence-corrected chi connectivity index (χ4v) is 3.58. The highest BCUT2D eigenvalue weighted by Gasteiger charge is 2.30. The van der Waals surface area contributed by atoms with E-state index in [1.807, 2.05) is 0 Å². The van der Waals surface area contributed by atoms with Crippen molar-refractivity contribution in [3.63, 3.8) is 0 Å². The number of ether oxygens (including phenoxy) is 1. The molecule has 0 amide bonds. The van der Waals surface area contributed by atoms with Gasteiger partial charge >= 0.3 is 0 Å². The first-order chi connectivity index (χ1) is 8.83. The summed E-state index contributed by atoms with van der Waals surface area (Å²) in [4.78, 5) is 2.61. The topological polar surface area (TPSA) is 24.5 Å². The summed E-state index contributed by atoms with van der Waals surface area (Å²) < 4.78 is 5.45. The highest BCUT2D eigenvalue weighted by atomic mass is 16.5. The van der Waals surface area contributed by atoms with Gasteiger partial charge in [0, 0.05) is 25.7 Å². The molecular weight excluding hydrogens is 224 g/mol. The van der Waals surface area contributed by atoms with Gasteiger partial charge in [0.25, 0.3) is 0 Å². The van der Waals surface area contributed by atoms with E-state index in [1.54, 1.807) is 0 Å². The van der Waals surface area contributed by atoms with Crippen LogP contribution in [-0.2, 0) is 4.74 Å². The molecule has 106 valence electrons. The molecule has 0 aromatic heterocycles. The molecule has 1 saturated heterocycles. The van der Waals surface area contributed by atoms with Crippen LogP contribution in [0.1, 0.15) is 39.5 Å². The molecule has 2 aliphatic rings. The van der Waals surface area contributed by atoms with E-state index in [1.165, 1.54) is 32.2 Å². The van der Waals surface area contributed by atoms with E-state index in [9.17, 15) is 0 Å². The summed E-state index contributed by atoms with van der Waals surface area (Å²) in [7, 11) is 0. The molecule has 0 aromatic rings. The summed E-state index contributed by atoms with van der Waals surface area (Å²) >= 11 is 0. The van der Waals surface area contributed by atoms with Crippen LogP contribution in [0.5, 0.6) is 0 Å². The van der Waals surface area contributed by atoms with Crippen molar-refractivity contribution in [2.24, 2.45) is 11.8 Å². The van der Waals surface area contributed by atoms with Gasteiger partial charge in [-0.15, -0.1) is 0 Å². The highest BCUT2D eigenvalue weighted by molar-refractivity contribution is 4.86. The second-order valence-corrected chi connectivity index (χ2v) is 5.92. The highest BCUT2D eigenvalue weighted by Crippen LogP contribution is 2.32. The van der Waals surface area contributed by atoms with E-state index in [0.717, 1.165) is 50.7 Å². The van der Waals surface area contributed by atoms with Crippen molar-refractivity contribution in [3.05, 3.63) is 0 Å². The molecule has 1 aliphatic heterocycles. The second kappa shape index (κ2) is 7.46. The summed E-state index contributed by atoms with van der Waals surface area (Å²) in [6.45, 7) is 11.1. The molecule has 1 N–H and O–H groups in total. The van der Waals surface area contributed by atoms with Crippen molar-refractivity contribution in [1.29, 1.82) is 0 Å². The fourth-order valence-electron chi connectivity index (χ4n) is 3.58. The van der Waals surface area contributed by atoms with Crippen LogP contribution in [0.15, 0.2) is 0 Å². The number of nitrogens with one attached hydrogen (secondary N) is 1. The Hall–Kier alpha value is -0.120. The smallest absolute Gasteiger partial charge is 0.0594 e. The van der Waals surface area contributed by atoms with E-state index >= 15 is 0 Å². The van der Waals surface area contributed by atoms with Crippen LogP contribution < -0.4 is 5.32 Å². The molecule has 0 aromatic carbocycles. The monoisotopic (exact) mass is 254 g/mol. The van der Waals surface area contributed by atoms with Crippen molar-refractivity contribution in [1.82, 2.24) is 10.2 Å². The Kier molecular flexibility index (Phi) is 5.93. The van der Waals surface area contributed by atoms with Crippen LogP contribution in [0.4, 0.5) is 0 Å². The third-order valence-corrected chi connectivity index (χ3v) is 4.73. The Morgan fingerprint density at radius 1 is 1.17 bits per heavy atom. The molecule has 18 heavy (non-hydrogen) atoms. The summed E-state index contributed by atoms with van der Waals surface area (Å²) in [5.41, 5.74) is 0. The van der Waals surface area contributed by atoms with Gasteiger partial charge in [0.05, 0.1) is 13.2 Å². The Labute approximate surface area is 112 Å². The lowest BCUT2D eigenvalue weighted by molar-refractivity contribution is 0.0212. The minimum absolute atomic E-state index is 0.751. The van der Waals surface area contributed by atoms with Crippen molar-refractivity contribution in [3.8, 4) is 0 Å². The number of hydrogen-bond donors (Lipinski definition) is 1. The Balaban J connectivity index is 1.86. The van der Waals surface area contributed by atoms with Crippen LogP contribution in [-0.4, -0.2) is 50.3 Å². The average molecular weight is 254 g/mol. The molecule has 3 heteroatoms. The van der Waals surface area contributed by atoms with Crippen molar-refractivity contribution < 1.29 is 4.74 Å². The van der Waals surface area contributed by atoms with E-state index in [2.05, 4.69) is 24.1 Å². The molecular formula is C15H30N2O. The first kappa shape index (κ1) is 14.3. The number of morpholine rings is 1. The first-order valence-electron chi connectivity index (χ1n) is 7.87. The minimum atomic E-state index is 0.751. The van der Waals surface area contributed by atoms with Crippen LogP contribution in [0.2, 0.25) is 0 Å². The van der Waals surface area contributed by atoms with Gasteiger partial charge in [-0.2, -0.15) is 0 Å². The summed E-state index contributed by atoms with van der Waals surface area (Å²) in [5, 5.41) is 3.71. The summed E-state index contributed by atoms with van der Waals surface area (Å²) in [6, 6.07) is 0.751. The molecule has 0 spiro atoms. The zero-order valence-corrected chi connectivity index (χ0v) is 12.2. The molecule has 1 saturated carbocycles. The lowest BCUT2D eigenvalue weighted by Gasteiger charge is -2.40. The third-order valence-electron chi connectivity index (χ3n) is 4.73. The zero-order valence-electron chi connectivity index (χ0n) is 12.2. The quantitative estimate of drug-likeness (QED) is 0.813. The van der Waals surface area contributed by atoms with Gasteiger partial charge in [-0.05, 0) is 37.6 Å². The maximum absolute atomic E-state index is 5.45. The van der Waals surface area contributed by atoms with E-state index in [4.69, 9.17) is 4.74 Å². The molecule has 0 radical (unpaired) electrons. The van der Waals surface area contributed by atoms with Gasteiger partial charge in [-0.3, -0.25) is 4.90 Å². The van der Waals surface area contributed by atoms with Gasteiger partial charge in [0.1, 0.15) is 0 Å². The Morgan fingerprint density at radius 3 is 2.61 bits per heavy atom. The van der Waals surface area contributed by atoms with Crippen LogP contribution in [0.25, 0.3) is 0 Å². The van der Waals surface area contributed by atoms with Gasteiger partial charge in [0.15, 0.2) is 0 Å². The largest absolute Gasteiger partial charge is 0.379 e. The normalized spacial score (nSPS) is 34.7. The van der Waals surface area contributed by atoms with Crippen LogP contribution in [0, 0.1) is 11.8 Å². The molecule has 3 unspecified atom stereocenters. The molecule has 2 fully saturated rings. The maximum atomic E-state index is 5.45. The number of hydrogen-bond acceptors (Lipinski definition) is 3. The number of rotatable bonds is 5. The number of nitrogens with zero attached hydrogens (tertiary/aromatic N) is 1. The molecule has 3 atom stereocenters. The zero-order chi connectivity index (χ0) is 12.8. The average Bonchev–Trinajstić information content (AvgIpc) is 2.42. The molecule has 2 rings (SSSR count). The SMILES string of the molecule is CCNC1CCC(CC)CC1CN1CCOCC1. The second-order valence-electron chi connectivity index (χ2n) is 5.92. The van der Waals surface area contributed by atoms with Gasteiger partial charge in [-0.1, -0.05) is 20.3 Å². The molecule has 3 nitrogen and oxygen atoms in total. The van der Waals surface area contributed by atoms with Crippen LogP contribution in [0.3, 0.4) is 0 Å². The standard InChI is InChI=1S/C15H30N2O/c1-3-13-5-6-15(16-4-2)14(11-13)12-17-7-9-18-10-8-17/h13-16H,3-12H2,1-2H3. The molecule has 1 aliphatic carbocycles. The van der Waals surface area contributed by atoms with Crippen LogP contribution >= 0.6 is 0 Å². The van der Waals surface area contributed by atoms with Gasteiger partial charge < -0.3 is 10.1 Å². The van der Waals surface area contributed by atoms with E-state index in [0.29, 0.717) is 0 Å². The van der Waals surface area contributed by atoms with Crippen molar-refractivity contribution >= 4 is 0 Å². The predicted molar refractivity (Wildman–Crippen MR) is 75.8 cm³/mol. The first-order valence-corrected chi connectivity index (χ1v) is 7.87. The van der Waals surface area contributed by atoms with Gasteiger partial charge in [0.2, 0.25) is 0 Å².